The molecule has 0 aliphatic carbocycles. The van der Waals surface area contributed by atoms with Crippen molar-refractivity contribution in [2.75, 3.05) is 25.6 Å². The van der Waals surface area contributed by atoms with Crippen molar-refractivity contribution >= 4 is 23.6 Å². The highest BCUT2D eigenvalue weighted by Gasteiger charge is 2.15. The zero-order valence-corrected chi connectivity index (χ0v) is 16.4. The van der Waals surface area contributed by atoms with Gasteiger partial charge in [-0.1, -0.05) is 5.10 Å². The molecule has 162 valence electrons. The van der Waals surface area contributed by atoms with Crippen molar-refractivity contribution in [1.29, 1.82) is 0 Å². The van der Waals surface area contributed by atoms with E-state index in [9.17, 15) is 18.4 Å². The number of ether oxygens (including phenoxy) is 2. The maximum absolute atomic E-state index is 13.2. The molecule has 1 amide bonds. The van der Waals surface area contributed by atoms with Crippen LogP contribution in [0.1, 0.15) is 27.5 Å². The molecule has 0 unspecified atom stereocenters. The predicted octanol–water partition coefficient (Wildman–Crippen LogP) is 3.08. The predicted molar refractivity (Wildman–Crippen MR) is 104 cm³/mol. The Kier molecular flexibility index (Phi) is 7.09. The zero-order chi connectivity index (χ0) is 22.2. The number of benzene rings is 2. The van der Waals surface area contributed by atoms with Gasteiger partial charge in [-0.05, 0) is 42.8 Å². The summed E-state index contributed by atoms with van der Waals surface area (Å²) in [7, 11) is 1.30. The van der Waals surface area contributed by atoms with E-state index in [1.54, 1.807) is 24.3 Å². The number of hydrogen-bond donors (Lipinski definition) is 2. The van der Waals surface area contributed by atoms with E-state index >= 15 is 0 Å². The van der Waals surface area contributed by atoms with Gasteiger partial charge in [0.05, 0.1) is 19.3 Å². The second-order valence-electron chi connectivity index (χ2n) is 6.14. The number of hydrogen-bond acceptors (Lipinski definition) is 8. The number of carbonyl (C=O) groups is 2. The van der Waals surface area contributed by atoms with Gasteiger partial charge in [0.15, 0.2) is 11.6 Å². The van der Waals surface area contributed by atoms with Crippen LogP contribution < -0.4 is 15.4 Å². The van der Waals surface area contributed by atoms with Gasteiger partial charge in [0.2, 0.25) is 0 Å². The summed E-state index contributed by atoms with van der Waals surface area (Å²) in [6, 6.07) is 9.46. The van der Waals surface area contributed by atoms with E-state index in [0.29, 0.717) is 24.3 Å². The molecule has 2 N–H and O–H groups in total. The average Bonchev–Trinajstić information content (AvgIpc) is 3.24. The highest BCUT2D eigenvalue weighted by molar-refractivity contribution is 5.89. The number of esters is 1. The maximum Gasteiger partial charge on any atom is 0.337 e. The van der Waals surface area contributed by atoms with Gasteiger partial charge in [-0.2, -0.15) is 0 Å². The van der Waals surface area contributed by atoms with Crippen molar-refractivity contribution < 1.29 is 32.3 Å². The van der Waals surface area contributed by atoms with Crippen LogP contribution >= 0.6 is 0 Å². The van der Waals surface area contributed by atoms with Crippen molar-refractivity contribution in [1.82, 2.24) is 15.5 Å². The molecule has 0 saturated carbocycles. The Bertz CT molecular complexity index is 1060. The first-order valence-corrected chi connectivity index (χ1v) is 9.11. The number of halogens is 2. The molecule has 0 spiro atoms. The fourth-order valence-corrected chi connectivity index (χ4v) is 2.41. The van der Waals surface area contributed by atoms with Gasteiger partial charge >= 0.3 is 23.8 Å². The largest absolute Gasteiger partial charge is 0.494 e. The SMILES string of the molecule is COC(=O)c1ccc(OCCCNC(=O)c2nnc(Nc3ccc(F)c(F)c3)o2)cc1. The fraction of sp³-hybridized carbons (Fsp3) is 0.200. The summed E-state index contributed by atoms with van der Waals surface area (Å²) < 4.78 is 41.5. The normalized spacial score (nSPS) is 10.4. The second kappa shape index (κ2) is 10.1. The molecule has 0 radical (unpaired) electrons. The van der Waals surface area contributed by atoms with E-state index in [4.69, 9.17) is 9.15 Å². The third-order valence-electron chi connectivity index (χ3n) is 3.94. The lowest BCUT2D eigenvalue weighted by Gasteiger charge is -2.07. The maximum atomic E-state index is 13.2. The molecule has 0 saturated heterocycles. The van der Waals surface area contributed by atoms with E-state index in [1.165, 1.54) is 13.2 Å². The molecule has 3 aromatic rings. The van der Waals surface area contributed by atoms with Gasteiger partial charge in [-0.3, -0.25) is 4.79 Å². The summed E-state index contributed by atoms with van der Waals surface area (Å²) >= 11 is 0. The molecule has 0 fully saturated rings. The molecular weight excluding hydrogens is 414 g/mol. The molecule has 9 nitrogen and oxygen atoms in total. The third-order valence-corrected chi connectivity index (χ3v) is 3.94. The van der Waals surface area contributed by atoms with Gasteiger partial charge < -0.3 is 24.5 Å². The van der Waals surface area contributed by atoms with Crippen LogP contribution in [-0.4, -0.2) is 42.3 Å². The van der Waals surface area contributed by atoms with Crippen LogP contribution in [0.4, 0.5) is 20.5 Å². The summed E-state index contributed by atoms with van der Waals surface area (Å²) in [5.74, 6) is -2.76. The standard InChI is InChI=1S/C20H18F2N4O5/c1-29-19(28)12-3-6-14(7-4-12)30-10-2-9-23-17(27)18-25-26-20(31-18)24-13-5-8-15(21)16(22)11-13/h3-8,11H,2,9-10H2,1H3,(H,23,27)(H,24,26). The Morgan fingerprint density at radius 1 is 1.06 bits per heavy atom. The Labute approximate surface area is 175 Å². The molecule has 31 heavy (non-hydrogen) atoms. The summed E-state index contributed by atoms with van der Waals surface area (Å²) in [4.78, 5) is 23.4. The lowest BCUT2D eigenvalue weighted by molar-refractivity contribution is 0.0600. The number of methoxy groups -OCH3 is 1. The first-order valence-electron chi connectivity index (χ1n) is 9.11. The van der Waals surface area contributed by atoms with E-state index in [2.05, 4.69) is 25.6 Å². The van der Waals surface area contributed by atoms with Crippen LogP contribution in [0.25, 0.3) is 0 Å². The molecule has 11 heteroatoms. The Hall–Kier alpha value is -4.02. The van der Waals surface area contributed by atoms with Crippen LogP contribution in [0.5, 0.6) is 5.75 Å². The second-order valence-corrected chi connectivity index (χ2v) is 6.14. The number of nitrogens with zero attached hydrogens (tertiary/aromatic N) is 2. The van der Waals surface area contributed by atoms with Crippen molar-refractivity contribution in [3.63, 3.8) is 0 Å². The minimum Gasteiger partial charge on any atom is -0.494 e. The lowest BCUT2D eigenvalue weighted by atomic mass is 10.2. The highest BCUT2D eigenvalue weighted by atomic mass is 19.2. The van der Waals surface area contributed by atoms with E-state index < -0.39 is 23.5 Å². The number of rotatable bonds is 9. The molecule has 0 atom stereocenters. The Morgan fingerprint density at radius 2 is 1.84 bits per heavy atom. The number of nitrogens with one attached hydrogen (secondary N) is 2. The molecule has 3 rings (SSSR count). The average molecular weight is 432 g/mol. The topological polar surface area (TPSA) is 116 Å². The summed E-state index contributed by atoms with van der Waals surface area (Å²) in [6.45, 7) is 0.609. The van der Waals surface area contributed by atoms with Crippen LogP contribution in [0.15, 0.2) is 46.9 Å². The molecule has 1 heterocycles. The van der Waals surface area contributed by atoms with Crippen molar-refractivity contribution in [2.24, 2.45) is 0 Å². The summed E-state index contributed by atoms with van der Waals surface area (Å²) in [5, 5.41) is 12.4. The molecule has 0 bridgehead atoms. The first-order chi connectivity index (χ1) is 15.0. The van der Waals surface area contributed by atoms with E-state index in [0.717, 1.165) is 12.1 Å². The van der Waals surface area contributed by atoms with Crippen LogP contribution in [0.3, 0.4) is 0 Å². The molecule has 0 aliphatic rings. The minimum absolute atomic E-state index is 0.144. The zero-order valence-electron chi connectivity index (χ0n) is 16.4. The van der Waals surface area contributed by atoms with Gasteiger partial charge in [-0.15, -0.1) is 5.10 Å². The molecular formula is C20H18F2N4O5. The minimum atomic E-state index is -1.04. The fourth-order valence-electron chi connectivity index (χ4n) is 2.41. The van der Waals surface area contributed by atoms with Crippen molar-refractivity contribution in [3.05, 3.63) is 65.6 Å². The molecule has 0 aliphatic heterocycles. The number of carbonyl (C=O) groups excluding carboxylic acids is 2. The number of aromatic nitrogens is 2. The van der Waals surface area contributed by atoms with Crippen LogP contribution in [0.2, 0.25) is 0 Å². The van der Waals surface area contributed by atoms with Gasteiger partial charge in [-0.25, -0.2) is 13.6 Å². The van der Waals surface area contributed by atoms with Gasteiger partial charge in [0.25, 0.3) is 0 Å². The number of amides is 1. The monoisotopic (exact) mass is 432 g/mol. The van der Waals surface area contributed by atoms with Crippen LogP contribution in [0, 0.1) is 11.6 Å². The highest BCUT2D eigenvalue weighted by Crippen LogP contribution is 2.18. The Balaban J connectivity index is 1.40. The smallest absolute Gasteiger partial charge is 0.337 e. The van der Waals surface area contributed by atoms with Crippen LogP contribution in [-0.2, 0) is 4.74 Å². The molecule has 2 aromatic carbocycles. The quantitative estimate of drug-likeness (QED) is 0.392. The van der Waals surface area contributed by atoms with Crippen molar-refractivity contribution in [2.45, 2.75) is 6.42 Å². The summed E-state index contributed by atoms with van der Waals surface area (Å²) in [5.41, 5.74) is 0.603. The van der Waals surface area contributed by atoms with Gasteiger partial charge in [0.1, 0.15) is 5.75 Å². The van der Waals surface area contributed by atoms with E-state index in [1.807, 2.05) is 0 Å². The first kappa shape index (κ1) is 21.7. The lowest BCUT2D eigenvalue weighted by Crippen LogP contribution is -2.25. The molecule has 1 aromatic heterocycles. The number of anilines is 2. The third kappa shape index (κ3) is 5.98. The summed E-state index contributed by atoms with van der Waals surface area (Å²) in [6.07, 6.45) is 0.499. The van der Waals surface area contributed by atoms with Crippen molar-refractivity contribution in [3.8, 4) is 5.75 Å². The Morgan fingerprint density at radius 3 is 2.55 bits per heavy atom. The van der Waals surface area contributed by atoms with E-state index in [-0.39, 0.29) is 24.1 Å². The van der Waals surface area contributed by atoms with Gasteiger partial charge in [0, 0.05) is 18.3 Å².